The molecule has 0 aliphatic rings. The van der Waals surface area contributed by atoms with Gasteiger partial charge in [-0.05, 0) is 41.4 Å². The van der Waals surface area contributed by atoms with Crippen molar-refractivity contribution in [3.63, 3.8) is 0 Å². The van der Waals surface area contributed by atoms with Gasteiger partial charge in [-0.15, -0.1) is 0 Å². The van der Waals surface area contributed by atoms with Gasteiger partial charge in [0.15, 0.2) is 0 Å². The number of nitrogens with zero attached hydrogens (tertiary/aromatic N) is 1. The lowest BCUT2D eigenvalue weighted by atomic mass is 10.3. The number of esters is 1. The molecule has 0 aromatic carbocycles. The molecular weight excluding hydrogens is 278 g/mol. The molecule has 0 aliphatic carbocycles. The van der Waals surface area contributed by atoms with Crippen molar-refractivity contribution in [2.45, 2.75) is 18.9 Å². The first-order valence-corrected chi connectivity index (χ1v) is 6.32. The number of carbonyl (C=O) groups excluding carboxylic acids is 1. The molecule has 1 rings (SSSR count). The van der Waals surface area contributed by atoms with Crippen molar-refractivity contribution in [3.05, 3.63) is 22.3 Å². The van der Waals surface area contributed by atoms with Crippen molar-refractivity contribution in [3.8, 4) is 0 Å². The third-order valence-corrected chi connectivity index (χ3v) is 3.91. The van der Waals surface area contributed by atoms with Crippen LogP contribution < -0.4 is 0 Å². The lowest BCUT2D eigenvalue weighted by Gasteiger charge is -2.05. The third kappa shape index (κ3) is 3.83. The van der Waals surface area contributed by atoms with Crippen LogP contribution in [-0.2, 0) is 9.53 Å². The van der Waals surface area contributed by atoms with E-state index in [1.54, 1.807) is 13.1 Å². The molecule has 1 aromatic heterocycles. The summed E-state index contributed by atoms with van der Waals surface area (Å²) in [5.74, 6) is 0.0841. The summed E-state index contributed by atoms with van der Waals surface area (Å²) >= 11 is 4.81. The van der Waals surface area contributed by atoms with E-state index < -0.39 is 0 Å². The van der Waals surface area contributed by atoms with Crippen LogP contribution >= 0.6 is 27.7 Å². The second-order valence-corrected chi connectivity index (χ2v) is 4.60. The number of thioether (sulfide) groups is 1. The Labute approximate surface area is 102 Å². The van der Waals surface area contributed by atoms with Gasteiger partial charge in [0.2, 0.25) is 0 Å². The molecule has 0 fully saturated rings. The zero-order valence-electron chi connectivity index (χ0n) is 8.62. The van der Waals surface area contributed by atoms with Gasteiger partial charge in [0.1, 0.15) is 5.03 Å². The fraction of sp³-hybridized carbons (Fsp3) is 0.400. The van der Waals surface area contributed by atoms with Crippen molar-refractivity contribution in [1.29, 1.82) is 0 Å². The molecule has 15 heavy (non-hydrogen) atoms. The molecule has 3 nitrogen and oxygen atoms in total. The minimum Gasteiger partial charge on any atom is -0.465 e. The number of ether oxygens (including phenoxy) is 1. The first-order valence-electron chi connectivity index (χ1n) is 4.54. The average Bonchev–Trinajstić information content (AvgIpc) is 2.21. The fourth-order valence-corrected chi connectivity index (χ4v) is 2.28. The Kier molecular flexibility index (Phi) is 5.11. The lowest BCUT2D eigenvalue weighted by molar-refractivity contribution is -0.139. The van der Waals surface area contributed by atoms with Crippen LogP contribution in [0.3, 0.4) is 0 Å². The largest absolute Gasteiger partial charge is 0.465 e. The van der Waals surface area contributed by atoms with Gasteiger partial charge in [0.25, 0.3) is 0 Å². The van der Waals surface area contributed by atoms with Crippen LogP contribution in [0.1, 0.15) is 12.5 Å². The molecule has 5 heteroatoms. The standard InChI is InChI=1S/C10H12BrNO2S/c1-3-14-8(13)6-15-10-9(11)7(2)4-5-12-10/h4-5H,3,6H2,1-2H3. The summed E-state index contributed by atoms with van der Waals surface area (Å²) in [5, 5.41) is 0.822. The molecular formula is C10H12BrNO2S. The maximum Gasteiger partial charge on any atom is 0.316 e. The topological polar surface area (TPSA) is 39.2 Å². The van der Waals surface area contributed by atoms with Gasteiger partial charge in [0, 0.05) is 6.20 Å². The van der Waals surface area contributed by atoms with Crippen LogP contribution in [0.2, 0.25) is 0 Å². The minimum absolute atomic E-state index is 0.210. The average molecular weight is 290 g/mol. The Morgan fingerprint density at radius 3 is 3.07 bits per heavy atom. The summed E-state index contributed by atoms with van der Waals surface area (Å²) < 4.78 is 5.77. The quantitative estimate of drug-likeness (QED) is 0.631. The number of aryl methyl sites for hydroxylation is 1. The number of halogens is 1. The summed E-state index contributed by atoms with van der Waals surface area (Å²) in [6, 6.07) is 1.92. The summed E-state index contributed by atoms with van der Waals surface area (Å²) in [7, 11) is 0. The van der Waals surface area contributed by atoms with Crippen molar-refractivity contribution in [2.75, 3.05) is 12.4 Å². The van der Waals surface area contributed by atoms with Gasteiger partial charge in [-0.2, -0.15) is 0 Å². The molecule has 0 saturated carbocycles. The van der Waals surface area contributed by atoms with Crippen LogP contribution in [-0.4, -0.2) is 23.3 Å². The van der Waals surface area contributed by atoms with E-state index in [-0.39, 0.29) is 5.97 Å². The highest BCUT2D eigenvalue weighted by Gasteiger charge is 2.08. The van der Waals surface area contributed by atoms with Gasteiger partial charge in [-0.3, -0.25) is 4.79 Å². The zero-order valence-corrected chi connectivity index (χ0v) is 11.0. The number of rotatable bonds is 4. The van der Waals surface area contributed by atoms with E-state index in [9.17, 15) is 4.79 Å². The minimum atomic E-state index is -0.210. The van der Waals surface area contributed by atoms with Gasteiger partial charge >= 0.3 is 5.97 Å². The van der Waals surface area contributed by atoms with Crippen molar-refractivity contribution in [2.24, 2.45) is 0 Å². The zero-order chi connectivity index (χ0) is 11.3. The Hall–Kier alpha value is -0.550. The van der Waals surface area contributed by atoms with Crippen LogP contribution in [0.5, 0.6) is 0 Å². The van der Waals surface area contributed by atoms with E-state index in [1.807, 2.05) is 13.0 Å². The van der Waals surface area contributed by atoms with Gasteiger partial charge in [-0.1, -0.05) is 11.8 Å². The monoisotopic (exact) mass is 289 g/mol. The number of pyridine rings is 1. The Balaban J connectivity index is 2.58. The molecule has 0 radical (unpaired) electrons. The molecule has 0 unspecified atom stereocenters. The van der Waals surface area contributed by atoms with E-state index in [1.165, 1.54) is 11.8 Å². The number of hydrogen-bond acceptors (Lipinski definition) is 4. The number of hydrogen-bond donors (Lipinski definition) is 0. The van der Waals surface area contributed by atoms with Gasteiger partial charge < -0.3 is 4.74 Å². The Morgan fingerprint density at radius 1 is 1.67 bits per heavy atom. The molecule has 1 heterocycles. The first kappa shape index (κ1) is 12.5. The summed E-state index contributed by atoms with van der Waals surface area (Å²) in [6.07, 6.45) is 1.73. The van der Waals surface area contributed by atoms with Crippen LogP contribution in [0.15, 0.2) is 21.8 Å². The molecule has 0 amide bonds. The van der Waals surface area contributed by atoms with Gasteiger partial charge in [0.05, 0.1) is 16.8 Å². The molecule has 82 valence electrons. The molecule has 0 spiro atoms. The van der Waals surface area contributed by atoms with Crippen LogP contribution in [0.4, 0.5) is 0 Å². The maximum atomic E-state index is 11.1. The maximum absolute atomic E-state index is 11.1. The van der Waals surface area contributed by atoms with Crippen molar-refractivity contribution >= 4 is 33.7 Å². The van der Waals surface area contributed by atoms with Crippen molar-refractivity contribution < 1.29 is 9.53 Å². The second-order valence-electron chi connectivity index (χ2n) is 2.84. The second kappa shape index (κ2) is 6.12. The number of aromatic nitrogens is 1. The summed E-state index contributed by atoms with van der Waals surface area (Å²) in [4.78, 5) is 15.3. The van der Waals surface area contributed by atoms with E-state index >= 15 is 0 Å². The summed E-state index contributed by atoms with van der Waals surface area (Å²) in [5.41, 5.74) is 1.11. The Bertz CT molecular complexity index is 357. The summed E-state index contributed by atoms with van der Waals surface area (Å²) in [6.45, 7) is 4.20. The van der Waals surface area contributed by atoms with Crippen LogP contribution in [0.25, 0.3) is 0 Å². The third-order valence-electron chi connectivity index (χ3n) is 1.68. The predicted molar refractivity (Wildman–Crippen MR) is 64.0 cm³/mol. The Morgan fingerprint density at radius 2 is 2.40 bits per heavy atom. The molecule has 0 atom stereocenters. The van der Waals surface area contributed by atoms with Crippen molar-refractivity contribution in [1.82, 2.24) is 4.98 Å². The normalized spacial score (nSPS) is 10.1. The van der Waals surface area contributed by atoms with E-state index in [4.69, 9.17) is 4.74 Å². The van der Waals surface area contributed by atoms with E-state index in [2.05, 4.69) is 20.9 Å². The molecule has 1 aromatic rings. The molecule has 0 aliphatic heterocycles. The highest BCUT2D eigenvalue weighted by Crippen LogP contribution is 2.27. The molecule has 0 saturated heterocycles. The predicted octanol–water partition coefficient (Wildman–Crippen LogP) is 2.81. The highest BCUT2D eigenvalue weighted by atomic mass is 79.9. The highest BCUT2D eigenvalue weighted by molar-refractivity contribution is 9.10. The van der Waals surface area contributed by atoms with E-state index in [0.717, 1.165) is 15.1 Å². The van der Waals surface area contributed by atoms with Crippen LogP contribution in [0, 0.1) is 6.92 Å². The lowest BCUT2D eigenvalue weighted by Crippen LogP contribution is -2.06. The molecule has 0 bridgehead atoms. The van der Waals surface area contributed by atoms with E-state index in [0.29, 0.717) is 12.4 Å². The van der Waals surface area contributed by atoms with Gasteiger partial charge in [-0.25, -0.2) is 4.98 Å². The smallest absolute Gasteiger partial charge is 0.316 e. The first-order chi connectivity index (χ1) is 7.15. The fourth-order valence-electron chi connectivity index (χ4n) is 0.946. The SMILES string of the molecule is CCOC(=O)CSc1nccc(C)c1Br. The molecule has 0 N–H and O–H groups in total. The number of carbonyl (C=O) groups is 1.